The fraction of sp³-hybridized carbons (Fsp3) is 0.895. The van der Waals surface area contributed by atoms with Crippen molar-refractivity contribution in [3.05, 3.63) is 0 Å². The molecule has 0 N–H and O–H groups in total. The van der Waals surface area contributed by atoms with E-state index in [0.717, 1.165) is 51.4 Å². The van der Waals surface area contributed by atoms with Gasteiger partial charge in [0.15, 0.2) is 11.2 Å². The molecule has 2 aliphatic heterocycles. The first-order chi connectivity index (χ1) is 11.1. The van der Waals surface area contributed by atoms with Crippen LogP contribution >= 0.6 is 0 Å². The number of ketones is 1. The summed E-state index contributed by atoms with van der Waals surface area (Å²) in [6, 6.07) is 0. The highest BCUT2D eigenvalue weighted by molar-refractivity contribution is 6.07. The van der Waals surface area contributed by atoms with Gasteiger partial charge in [0.1, 0.15) is 0 Å². The van der Waals surface area contributed by atoms with Crippen LogP contribution in [0.15, 0.2) is 0 Å². The van der Waals surface area contributed by atoms with Gasteiger partial charge in [-0.1, -0.05) is 45.4 Å². The van der Waals surface area contributed by atoms with Crippen molar-refractivity contribution >= 4 is 11.8 Å². The molecule has 0 spiro atoms. The van der Waals surface area contributed by atoms with Gasteiger partial charge < -0.3 is 9.47 Å². The second-order valence-corrected chi connectivity index (χ2v) is 7.65. The molecular formula is C19H30O4. The third-order valence-electron chi connectivity index (χ3n) is 6.43. The van der Waals surface area contributed by atoms with E-state index >= 15 is 0 Å². The average molecular weight is 322 g/mol. The highest BCUT2D eigenvalue weighted by atomic mass is 16.5. The summed E-state index contributed by atoms with van der Waals surface area (Å²) in [6.45, 7) is 2.15. The maximum Gasteiger partial charge on any atom is 0.322 e. The molecule has 4 nitrogen and oxygen atoms in total. The van der Waals surface area contributed by atoms with E-state index in [2.05, 4.69) is 6.92 Å². The van der Waals surface area contributed by atoms with Crippen molar-refractivity contribution in [2.45, 2.75) is 89.3 Å². The van der Waals surface area contributed by atoms with Crippen LogP contribution in [0.1, 0.15) is 77.6 Å². The summed E-state index contributed by atoms with van der Waals surface area (Å²) in [6.07, 6.45) is 10.3. The molecular weight excluding hydrogens is 292 g/mol. The van der Waals surface area contributed by atoms with Crippen LogP contribution in [0.2, 0.25) is 0 Å². The summed E-state index contributed by atoms with van der Waals surface area (Å²) in [4.78, 5) is 26.2. The molecule has 3 rings (SSSR count). The monoisotopic (exact) mass is 322 g/mol. The molecule has 23 heavy (non-hydrogen) atoms. The van der Waals surface area contributed by atoms with Crippen molar-refractivity contribution in [1.82, 2.24) is 0 Å². The van der Waals surface area contributed by atoms with E-state index in [-0.39, 0.29) is 29.4 Å². The Morgan fingerprint density at radius 2 is 1.91 bits per heavy atom. The van der Waals surface area contributed by atoms with Crippen molar-refractivity contribution < 1.29 is 19.1 Å². The fourth-order valence-corrected chi connectivity index (χ4v) is 5.35. The summed E-state index contributed by atoms with van der Waals surface area (Å²) in [7, 11) is 1.40. The zero-order valence-electron chi connectivity index (χ0n) is 14.6. The van der Waals surface area contributed by atoms with Crippen LogP contribution in [0.25, 0.3) is 0 Å². The largest absolute Gasteiger partial charge is 0.468 e. The van der Waals surface area contributed by atoms with Gasteiger partial charge in [0.05, 0.1) is 18.8 Å². The van der Waals surface area contributed by atoms with Crippen LogP contribution < -0.4 is 0 Å². The lowest BCUT2D eigenvalue weighted by molar-refractivity contribution is -0.201. The van der Waals surface area contributed by atoms with E-state index in [4.69, 9.17) is 9.47 Å². The van der Waals surface area contributed by atoms with E-state index in [0.29, 0.717) is 6.42 Å². The van der Waals surface area contributed by atoms with Gasteiger partial charge in [-0.15, -0.1) is 0 Å². The summed E-state index contributed by atoms with van der Waals surface area (Å²) in [5.74, 6) is -0.350. The highest BCUT2D eigenvalue weighted by Crippen LogP contribution is 2.56. The van der Waals surface area contributed by atoms with Crippen molar-refractivity contribution in [1.29, 1.82) is 0 Å². The minimum atomic E-state index is -1.04. The number of fused-ring (bicyclic) bond motifs is 6. The van der Waals surface area contributed by atoms with E-state index < -0.39 is 5.41 Å². The van der Waals surface area contributed by atoms with Crippen LogP contribution in [0.3, 0.4) is 0 Å². The Bertz CT molecular complexity index is 474. The number of Topliss-reactive ketones (excluding diaryl/α,β-unsaturated/α-hetero) is 1. The molecule has 4 bridgehead atoms. The molecule has 2 saturated heterocycles. The first-order valence-electron chi connectivity index (χ1n) is 9.41. The first-order valence-corrected chi connectivity index (χ1v) is 9.41. The molecule has 1 aliphatic carbocycles. The van der Waals surface area contributed by atoms with Gasteiger partial charge in [-0.05, 0) is 32.1 Å². The van der Waals surface area contributed by atoms with Gasteiger partial charge in [0.25, 0.3) is 0 Å². The molecule has 4 heteroatoms. The highest BCUT2D eigenvalue weighted by Gasteiger charge is 2.67. The van der Waals surface area contributed by atoms with Gasteiger partial charge in [0.2, 0.25) is 0 Å². The molecule has 0 aromatic carbocycles. The van der Waals surface area contributed by atoms with Crippen molar-refractivity contribution in [3.8, 4) is 0 Å². The second kappa shape index (κ2) is 6.54. The minimum Gasteiger partial charge on any atom is -0.468 e. The van der Waals surface area contributed by atoms with E-state index in [9.17, 15) is 9.59 Å². The molecule has 4 atom stereocenters. The number of carbonyl (C=O) groups is 2. The topological polar surface area (TPSA) is 52.6 Å². The molecule has 3 fully saturated rings. The predicted octanol–water partition coefficient (Wildman–Crippen LogP) is 3.81. The van der Waals surface area contributed by atoms with Crippen molar-refractivity contribution in [3.63, 3.8) is 0 Å². The number of hydrogen-bond donors (Lipinski definition) is 0. The molecule has 1 saturated carbocycles. The standard InChI is InChI=1S/C19H30O4/c1-3-11-18-13-10-15(23-18)19(17(21)22-2)12-8-6-4-5-7-9-14(18)16(19)20/h14-15H,3-13H2,1-2H3/t14-,15-,18+,19+/m1/s1. The van der Waals surface area contributed by atoms with Gasteiger partial charge in [-0.25, -0.2) is 0 Å². The maximum atomic E-state index is 13.5. The SMILES string of the molecule is CCC[C@@]12CC[C@@H](O1)[C@@]1(C(=O)OC)CCCCCCC[C@@H]2C1=O. The first kappa shape index (κ1) is 16.9. The summed E-state index contributed by atoms with van der Waals surface area (Å²) in [5.41, 5.74) is -1.35. The Morgan fingerprint density at radius 1 is 1.17 bits per heavy atom. The lowest BCUT2D eigenvalue weighted by atomic mass is 9.64. The van der Waals surface area contributed by atoms with E-state index in [1.54, 1.807) is 0 Å². The molecule has 0 unspecified atom stereocenters. The number of methoxy groups -OCH3 is 1. The van der Waals surface area contributed by atoms with Crippen LogP contribution in [0.5, 0.6) is 0 Å². The minimum absolute atomic E-state index is 0.126. The quantitative estimate of drug-likeness (QED) is 0.586. The van der Waals surface area contributed by atoms with Gasteiger partial charge >= 0.3 is 5.97 Å². The van der Waals surface area contributed by atoms with E-state index in [1.807, 2.05) is 0 Å². The number of rotatable bonds is 3. The average Bonchev–Trinajstić information content (AvgIpc) is 2.94. The Morgan fingerprint density at radius 3 is 2.65 bits per heavy atom. The molecule has 0 aromatic rings. The molecule has 0 aromatic heterocycles. The number of hydrogen-bond acceptors (Lipinski definition) is 4. The molecule has 0 radical (unpaired) electrons. The number of ether oxygens (including phenoxy) is 2. The van der Waals surface area contributed by atoms with Crippen LogP contribution in [0, 0.1) is 11.3 Å². The zero-order chi connectivity index (χ0) is 16.5. The fourth-order valence-electron chi connectivity index (χ4n) is 5.35. The van der Waals surface area contributed by atoms with Crippen molar-refractivity contribution in [2.24, 2.45) is 11.3 Å². The van der Waals surface area contributed by atoms with Crippen LogP contribution in [-0.2, 0) is 19.1 Å². The van der Waals surface area contributed by atoms with Crippen LogP contribution in [0.4, 0.5) is 0 Å². The van der Waals surface area contributed by atoms with Crippen LogP contribution in [-0.4, -0.2) is 30.6 Å². The normalized spacial score (nSPS) is 40.7. The summed E-state index contributed by atoms with van der Waals surface area (Å²) < 4.78 is 11.6. The molecule has 0 amide bonds. The zero-order valence-corrected chi connectivity index (χ0v) is 14.6. The second-order valence-electron chi connectivity index (χ2n) is 7.65. The number of esters is 1. The maximum absolute atomic E-state index is 13.5. The smallest absolute Gasteiger partial charge is 0.322 e. The van der Waals surface area contributed by atoms with E-state index in [1.165, 1.54) is 20.0 Å². The predicted molar refractivity (Wildman–Crippen MR) is 87.0 cm³/mol. The number of carbonyl (C=O) groups excluding carboxylic acids is 2. The lowest BCUT2D eigenvalue weighted by Gasteiger charge is -2.48. The third-order valence-corrected chi connectivity index (χ3v) is 6.43. The Kier molecular flexibility index (Phi) is 4.82. The molecule has 130 valence electrons. The Balaban J connectivity index is 2.03. The third kappa shape index (κ3) is 2.54. The van der Waals surface area contributed by atoms with Gasteiger partial charge in [-0.3, -0.25) is 9.59 Å². The Hall–Kier alpha value is -0.900. The summed E-state index contributed by atoms with van der Waals surface area (Å²) in [5, 5.41) is 0. The molecule has 3 aliphatic rings. The van der Waals surface area contributed by atoms with Crippen molar-refractivity contribution in [2.75, 3.05) is 7.11 Å². The lowest BCUT2D eigenvalue weighted by Crippen LogP contribution is -2.61. The summed E-state index contributed by atoms with van der Waals surface area (Å²) >= 11 is 0. The van der Waals surface area contributed by atoms with Gasteiger partial charge in [-0.2, -0.15) is 0 Å². The Labute approximate surface area is 139 Å². The van der Waals surface area contributed by atoms with Gasteiger partial charge in [0, 0.05) is 5.92 Å². The molecule has 2 heterocycles.